The molecular formula is C17H20N2O. The number of hydrogen-bond acceptors (Lipinski definition) is 3. The average Bonchev–Trinajstić information content (AvgIpc) is 3.22. The lowest BCUT2D eigenvalue weighted by atomic mass is 9.89. The zero-order valence-electron chi connectivity index (χ0n) is 12.0. The highest BCUT2D eigenvalue weighted by molar-refractivity contribution is 5.73. The fourth-order valence-electron chi connectivity index (χ4n) is 2.30. The molecule has 0 radical (unpaired) electrons. The van der Waals surface area contributed by atoms with E-state index in [4.69, 9.17) is 10.5 Å². The largest absolute Gasteiger partial charge is 0.490 e. The van der Waals surface area contributed by atoms with Crippen LogP contribution in [-0.2, 0) is 5.54 Å². The Kier molecular flexibility index (Phi) is 3.22. The van der Waals surface area contributed by atoms with Gasteiger partial charge in [-0.3, -0.25) is 4.98 Å². The van der Waals surface area contributed by atoms with Crippen LogP contribution in [0.1, 0.15) is 32.3 Å². The van der Waals surface area contributed by atoms with Crippen molar-refractivity contribution >= 4 is 0 Å². The second-order valence-corrected chi connectivity index (χ2v) is 5.96. The van der Waals surface area contributed by atoms with Crippen LogP contribution in [0.3, 0.4) is 0 Å². The summed E-state index contributed by atoms with van der Waals surface area (Å²) >= 11 is 0. The number of nitrogens with two attached hydrogens (primary N) is 1. The molecule has 1 aliphatic carbocycles. The van der Waals surface area contributed by atoms with Crippen LogP contribution in [0.5, 0.6) is 5.75 Å². The first kappa shape index (κ1) is 13.1. The topological polar surface area (TPSA) is 48.1 Å². The molecule has 1 aromatic carbocycles. The van der Waals surface area contributed by atoms with Gasteiger partial charge in [-0.15, -0.1) is 0 Å². The fraction of sp³-hybridized carbons (Fsp3) is 0.353. The molecule has 1 heterocycles. The lowest BCUT2D eigenvalue weighted by molar-refractivity contribution is 0.304. The Morgan fingerprint density at radius 2 is 1.90 bits per heavy atom. The van der Waals surface area contributed by atoms with E-state index in [2.05, 4.69) is 11.1 Å². The Morgan fingerprint density at radius 1 is 1.15 bits per heavy atom. The SMILES string of the molecule is CC(C)(N)c1cnccc1-c1ccccc1OC1CC1. The molecule has 0 bridgehead atoms. The van der Waals surface area contributed by atoms with E-state index in [1.54, 1.807) is 6.20 Å². The number of rotatable bonds is 4. The molecular weight excluding hydrogens is 248 g/mol. The monoisotopic (exact) mass is 268 g/mol. The average molecular weight is 268 g/mol. The van der Waals surface area contributed by atoms with E-state index in [0.29, 0.717) is 6.10 Å². The number of pyridine rings is 1. The van der Waals surface area contributed by atoms with E-state index in [9.17, 15) is 0 Å². The molecule has 1 fully saturated rings. The third-order valence-corrected chi connectivity index (χ3v) is 3.51. The van der Waals surface area contributed by atoms with Gasteiger partial charge < -0.3 is 10.5 Å². The van der Waals surface area contributed by atoms with Crippen LogP contribution in [0.25, 0.3) is 11.1 Å². The van der Waals surface area contributed by atoms with E-state index in [0.717, 1.165) is 35.3 Å². The van der Waals surface area contributed by atoms with E-state index in [1.165, 1.54) is 0 Å². The number of para-hydroxylation sites is 1. The minimum atomic E-state index is -0.434. The first-order chi connectivity index (χ1) is 9.55. The lowest BCUT2D eigenvalue weighted by Crippen LogP contribution is -2.29. The third-order valence-electron chi connectivity index (χ3n) is 3.51. The Labute approximate surface area is 119 Å². The van der Waals surface area contributed by atoms with Crippen molar-refractivity contribution in [3.63, 3.8) is 0 Å². The van der Waals surface area contributed by atoms with Crippen molar-refractivity contribution in [1.82, 2.24) is 4.98 Å². The van der Waals surface area contributed by atoms with E-state index < -0.39 is 5.54 Å². The second kappa shape index (κ2) is 4.91. The summed E-state index contributed by atoms with van der Waals surface area (Å²) in [5.41, 5.74) is 9.07. The van der Waals surface area contributed by atoms with Gasteiger partial charge in [-0.05, 0) is 49.9 Å². The van der Waals surface area contributed by atoms with Crippen molar-refractivity contribution < 1.29 is 4.74 Å². The zero-order valence-corrected chi connectivity index (χ0v) is 12.0. The smallest absolute Gasteiger partial charge is 0.127 e. The Morgan fingerprint density at radius 3 is 2.60 bits per heavy atom. The molecule has 1 aliphatic rings. The van der Waals surface area contributed by atoms with Gasteiger partial charge in [-0.1, -0.05) is 18.2 Å². The maximum Gasteiger partial charge on any atom is 0.127 e. The van der Waals surface area contributed by atoms with Crippen molar-refractivity contribution in [3.8, 4) is 16.9 Å². The highest BCUT2D eigenvalue weighted by atomic mass is 16.5. The lowest BCUT2D eigenvalue weighted by Gasteiger charge is -2.23. The molecule has 0 amide bonds. The van der Waals surface area contributed by atoms with Gasteiger partial charge >= 0.3 is 0 Å². The summed E-state index contributed by atoms with van der Waals surface area (Å²) in [5.74, 6) is 0.937. The minimum Gasteiger partial charge on any atom is -0.490 e. The van der Waals surface area contributed by atoms with Gasteiger partial charge in [0.05, 0.1) is 6.10 Å². The predicted octanol–water partition coefficient (Wildman–Crippen LogP) is 3.48. The maximum atomic E-state index is 6.28. The summed E-state index contributed by atoms with van der Waals surface area (Å²) in [5, 5.41) is 0. The van der Waals surface area contributed by atoms with Crippen molar-refractivity contribution in [2.45, 2.75) is 38.3 Å². The van der Waals surface area contributed by atoms with Gasteiger partial charge in [0, 0.05) is 23.5 Å². The molecule has 0 atom stereocenters. The van der Waals surface area contributed by atoms with Crippen LogP contribution in [0.15, 0.2) is 42.7 Å². The molecule has 1 aromatic heterocycles. The summed E-state index contributed by atoms with van der Waals surface area (Å²) in [6, 6.07) is 10.2. The van der Waals surface area contributed by atoms with Crippen LogP contribution < -0.4 is 10.5 Å². The molecule has 0 spiro atoms. The van der Waals surface area contributed by atoms with Crippen LogP contribution in [-0.4, -0.2) is 11.1 Å². The standard InChI is InChI=1S/C17H20N2O/c1-17(2,18)15-11-19-10-9-13(15)14-5-3-4-6-16(14)20-12-7-8-12/h3-6,9-12H,7-8,18H2,1-2H3. The summed E-state index contributed by atoms with van der Waals surface area (Å²) in [6.07, 6.45) is 6.34. The molecule has 1 saturated carbocycles. The summed E-state index contributed by atoms with van der Waals surface area (Å²) < 4.78 is 6.02. The van der Waals surface area contributed by atoms with Crippen LogP contribution in [0.2, 0.25) is 0 Å². The van der Waals surface area contributed by atoms with Gasteiger partial charge in [-0.25, -0.2) is 0 Å². The van der Waals surface area contributed by atoms with E-state index in [-0.39, 0.29) is 0 Å². The fourth-order valence-corrected chi connectivity index (χ4v) is 2.30. The third kappa shape index (κ3) is 2.68. The minimum absolute atomic E-state index is 0.382. The molecule has 0 saturated heterocycles. The normalized spacial score (nSPS) is 15.2. The van der Waals surface area contributed by atoms with Crippen molar-refractivity contribution in [3.05, 3.63) is 48.3 Å². The van der Waals surface area contributed by atoms with E-state index in [1.807, 2.05) is 44.3 Å². The molecule has 2 aromatic rings. The molecule has 3 nitrogen and oxygen atoms in total. The van der Waals surface area contributed by atoms with E-state index >= 15 is 0 Å². The summed E-state index contributed by atoms with van der Waals surface area (Å²) in [7, 11) is 0. The van der Waals surface area contributed by atoms with Crippen molar-refractivity contribution in [2.24, 2.45) is 5.73 Å². The number of ether oxygens (including phenoxy) is 1. The number of aromatic nitrogens is 1. The molecule has 0 unspecified atom stereocenters. The van der Waals surface area contributed by atoms with Gasteiger partial charge in [-0.2, -0.15) is 0 Å². The molecule has 2 N–H and O–H groups in total. The van der Waals surface area contributed by atoms with Gasteiger partial charge in [0.1, 0.15) is 5.75 Å². The highest BCUT2D eigenvalue weighted by Gasteiger charge is 2.26. The summed E-state index contributed by atoms with van der Waals surface area (Å²) in [6.45, 7) is 4.00. The molecule has 3 rings (SSSR count). The first-order valence-corrected chi connectivity index (χ1v) is 7.05. The molecule has 20 heavy (non-hydrogen) atoms. The second-order valence-electron chi connectivity index (χ2n) is 5.96. The summed E-state index contributed by atoms with van der Waals surface area (Å²) in [4.78, 5) is 4.22. The highest BCUT2D eigenvalue weighted by Crippen LogP contribution is 2.38. The number of nitrogens with zero attached hydrogens (tertiary/aromatic N) is 1. The van der Waals surface area contributed by atoms with Crippen LogP contribution >= 0.6 is 0 Å². The Balaban J connectivity index is 2.09. The Hall–Kier alpha value is -1.87. The van der Waals surface area contributed by atoms with Crippen molar-refractivity contribution in [2.75, 3.05) is 0 Å². The van der Waals surface area contributed by atoms with Gasteiger partial charge in [0.15, 0.2) is 0 Å². The number of benzene rings is 1. The van der Waals surface area contributed by atoms with Gasteiger partial charge in [0.2, 0.25) is 0 Å². The first-order valence-electron chi connectivity index (χ1n) is 7.05. The van der Waals surface area contributed by atoms with Crippen LogP contribution in [0.4, 0.5) is 0 Å². The predicted molar refractivity (Wildman–Crippen MR) is 80.5 cm³/mol. The van der Waals surface area contributed by atoms with Gasteiger partial charge in [0.25, 0.3) is 0 Å². The van der Waals surface area contributed by atoms with Crippen molar-refractivity contribution in [1.29, 1.82) is 0 Å². The Bertz CT molecular complexity index is 612. The molecule has 104 valence electrons. The molecule has 3 heteroatoms. The molecule has 0 aliphatic heterocycles. The maximum absolute atomic E-state index is 6.28. The number of hydrogen-bond donors (Lipinski definition) is 1. The quantitative estimate of drug-likeness (QED) is 0.923. The van der Waals surface area contributed by atoms with Crippen LogP contribution in [0, 0.1) is 0 Å². The zero-order chi connectivity index (χ0) is 14.2.